The number of anilines is 1. The lowest BCUT2D eigenvalue weighted by Crippen LogP contribution is -2.23. The third kappa shape index (κ3) is 3.78. The van der Waals surface area contributed by atoms with Gasteiger partial charge in [-0.25, -0.2) is 21.2 Å². The summed E-state index contributed by atoms with van der Waals surface area (Å²) in [6.07, 6.45) is -0.00636. The zero-order chi connectivity index (χ0) is 18.9. The number of benzene rings is 2. The maximum atomic E-state index is 14.1. The lowest BCUT2D eigenvalue weighted by molar-refractivity contribution is 0.102. The molecule has 1 amide bonds. The van der Waals surface area contributed by atoms with Crippen LogP contribution in [0.25, 0.3) is 0 Å². The molecule has 1 aliphatic heterocycles. The van der Waals surface area contributed by atoms with E-state index in [2.05, 4.69) is 5.32 Å². The van der Waals surface area contributed by atoms with Crippen LogP contribution in [0.15, 0.2) is 53.4 Å². The number of amides is 1. The molecule has 2 aromatic rings. The van der Waals surface area contributed by atoms with Crippen LogP contribution in [0.2, 0.25) is 0 Å². The lowest BCUT2D eigenvalue weighted by atomic mass is 10.2. The largest absolute Gasteiger partial charge is 0.322 e. The highest BCUT2D eigenvalue weighted by molar-refractivity contribution is 7.96. The molecule has 1 N–H and O–H groups in total. The van der Waals surface area contributed by atoms with Crippen LogP contribution in [0.4, 0.5) is 10.1 Å². The second-order valence-electron chi connectivity index (χ2n) is 6.03. The summed E-state index contributed by atoms with van der Waals surface area (Å²) in [4.78, 5) is 12.0. The third-order valence-corrected chi connectivity index (χ3v) is 8.34. The molecule has 1 saturated heterocycles. The van der Waals surface area contributed by atoms with Crippen molar-refractivity contribution in [2.75, 3.05) is 16.8 Å². The Bertz CT molecular complexity index is 1050. The Balaban J connectivity index is 1.91. The number of sulfone groups is 2. The van der Waals surface area contributed by atoms with Crippen molar-refractivity contribution >= 4 is 31.3 Å². The van der Waals surface area contributed by atoms with Gasteiger partial charge in [-0.3, -0.25) is 4.79 Å². The molecule has 1 aliphatic rings. The molecule has 3 rings (SSSR count). The Hall–Kier alpha value is -2.26. The van der Waals surface area contributed by atoms with Gasteiger partial charge in [0.15, 0.2) is 19.7 Å². The van der Waals surface area contributed by atoms with Crippen molar-refractivity contribution in [3.8, 4) is 0 Å². The van der Waals surface area contributed by atoms with E-state index in [-0.39, 0.29) is 17.1 Å². The molecule has 2 aromatic carbocycles. The van der Waals surface area contributed by atoms with E-state index in [9.17, 15) is 26.0 Å². The first-order valence-electron chi connectivity index (χ1n) is 7.79. The minimum atomic E-state index is -3.98. The van der Waals surface area contributed by atoms with E-state index in [4.69, 9.17) is 0 Å². The van der Waals surface area contributed by atoms with Crippen LogP contribution in [-0.4, -0.2) is 39.5 Å². The highest BCUT2D eigenvalue weighted by atomic mass is 32.2. The molecule has 0 unspecified atom stereocenters. The second-order valence-corrected chi connectivity index (χ2v) is 10.5. The van der Waals surface area contributed by atoms with Crippen molar-refractivity contribution in [1.82, 2.24) is 0 Å². The van der Waals surface area contributed by atoms with E-state index in [0.29, 0.717) is 5.69 Å². The van der Waals surface area contributed by atoms with Gasteiger partial charge >= 0.3 is 0 Å². The van der Waals surface area contributed by atoms with Crippen molar-refractivity contribution in [2.45, 2.75) is 16.6 Å². The zero-order valence-corrected chi connectivity index (χ0v) is 15.2. The molecule has 0 bridgehead atoms. The molecule has 1 heterocycles. The molecule has 0 saturated carbocycles. The predicted molar refractivity (Wildman–Crippen MR) is 95.0 cm³/mol. The molecule has 1 fully saturated rings. The molecule has 0 spiro atoms. The number of carbonyl (C=O) groups excluding carboxylic acids is 1. The second kappa shape index (κ2) is 6.81. The fourth-order valence-electron chi connectivity index (χ4n) is 2.77. The summed E-state index contributed by atoms with van der Waals surface area (Å²) in [6, 6.07) is 11.2. The van der Waals surface area contributed by atoms with Crippen LogP contribution in [0, 0.1) is 5.82 Å². The first-order chi connectivity index (χ1) is 12.2. The molecule has 9 heteroatoms. The van der Waals surface area contributed by atoms with Gasteiger partial charge < -0.3 is 5.32 Å². The fraction of sp³-hybridized carbons (Fsp3) is 0.235. The van der Waals surface area contributed by atoms with E-state index in [1.807, 2.05) is 0 Å². The summed E-state index contributed by atoms with van der Waals surface area (Å²) in [5, 5.41) is 1.41. The van der Waals surface area contributed by atoms with Gasteiger partial charge in [0.05, 0.1) is 27.2 Å². The third-order valence-electron chi connectivity index (χ3n) is 4.17. The molecular weight excluding hydrogens is 381 g/mol. The molecule has 6 nitrogen and oxygen atoms in total. The van der Waals surface area contributed by atoms with Gasteiger partial charge in [0, 0.05) is 5.69 Å². The quantitative estimate of drug-likeness (QED) is 0.797. The van der Waals surface area contributed by atoms with Gasteiger partial charge in [0.2, 0.25) is 0 Å². The number of halogens is 1. The first-order valence-corrected chi connectivity index (χ1v) is 11.2. The molecule has 0 radical (unpaired) electrons. The maximum absolute atomic E-state index is 14.1. The van der Waals surface area contributed by atoms with Gasteiger partial charge in [-0.1, -0.05) is 18.2 Å². The molecule has 26 heavy (non-hydrogen) atoms. The van der Waals surface area contributed by atoms with Crippen molar-refractivity contribution in [1.29, 1.82) is 0 Å². The Morgan fingerprint density at radius 2 is 1.81 bits per heavy atom. The van der Waals surface area contributed by atoms with Crippen molar-refractivity contribution in [2.24, 2.45) is 0 Å². The van der Waals surface area contributed by atoms with E-state index in [0.717, 1.165) is 18.2 Å². The normalized spacial score (nSPS) is 19.2. The van der Waals surface area contributed by atoms with Crippen molar-refractivity contribution in [3.63, 3.8) is 0 Å². The van der Waals surface area contributed by atoms with Gasteiger partial charge in [-0.2, -0.15) is 0 Å². The Morgan fingerprint density at radius 1 is 1.12 bits per heavy atom. The zero-order valence-electron chi connectivity index (χ0n) is 13.6. The minimum absolute atomic E-state index is 0.00636. The lowest BCUT2D eigenvalue weighted by Gasteiger charge is -2.12. The Morgan fingerprint density at radius 3 is 2.42 bits per heavy atom. The average molecular weight is 397 g/mol. The van der Waals surface area contributed by atoms with Crippen LogP contribution in [0.1, 0.15) is 16.8 Å². The highest BCUT2D eigenvalue weighted by Gasteiger charge is 2.38. The van der Waals surface area contributed by atoms with E-state index >= 15 is 0 Å². The number of carbonyl (C=O) groups is 1. The van der Waals surface area contributed by atoms with E-state index < -0.39 is 48.0 Å². The SMILES string of the molecule is O=C(Nc1ccccc1)c1cc(S(=O)(=O)[C@@H]2CCS(=O)(=O)C2)ccc1F. The highest BCUT2D eigenvalue weighted by Crippen LogP contribution is 2.27. The smallest absolute Gasteiger partial charge is 0.258 e. The predicted octanol–water partition coefficient (Wildman–Crippen LogP) is 2.04. The summed E-state index contributed by atoms with van der Waals surface area (Å²) in [5.74, 6) is -2.31. The van der Waals surface area contributed by atoms with Gasteiger partial charge in [0.25, 0.3) is 5.91 Å². The Labute approximate surface area is 150 Å². The first kappa shape index (κ1) is 18.5. The van der Waals surface area contributed by atoms with E-state index in [1.54, 1.807) is 30.3 Å². The van der Waals surface area contributed by atoms with Gasteiger partial charge in [-0.15, -0.1) is 0 Å². The monoisotopic (exact) mass is 397 g/mol. The van der Waals surface area contributed by atoms with Crippen LogP contribution in [-0.2, 0) is 19.7 Å². The minimum Gasteiger partial charge on any atom is -0.322 e. The van der Waals surface area contributed by atoms with Crippen molar-refractivity contribution in [3.05, 3.63) is 59.9 Å². The van der Waals surface area contributed by atoms with Crippen molar-refractivity contribution < 1.29 is 26.0 Å². The summed E-state index contributed by atoms with van der Waals surface area (Å²) >= 11 is 0. The number of rotatable bonds is 4. The number of hydrogen-bond donors (Lipinski definition) is 1. The summed E-state index contributed by atoms with van der Waals surface area (Å²) in [5.41, 5.74) is 0.0165. The van der Waals surface area contributed by atoms with Crippen LogP contribution in [0.5, 0.6) is 0 Å². The Kier molecular flexibility index (Phi) is 4.85. The standard InChI is InChI=1S/C17H16FNO5S2/c18-16-7-6-13(26(23,24)14-8-9-25(21,22)11-14)10-15(16)17(20)19-12-4-2-1-3-5-12/h1-7,10,14H,8-9,11H2,(H,19,20)/t14-/m1/s1. The summed E-state index contributed by atoms with van der Waals surface area (Å²) in [7, 11) is -7.38. The molecular formula is C17H16FNO5S2. The molecule has 0 aliphatic carbocycles. The fourth-order valence-corrected chi connectivity index (χ4v) is 7.16. The van der Waals surface area contributed by atoms with Gasteiger partial charge in [0.1, 0.15) is 5.82 Å². The van der Waals surface area contributed by atoms with Crippen LogP contribution in [0.3, 0.4) is 0 Å². The molecule has 138 valence electrons. The summed E-state index contributed by atoms with van der Waals surface area (Å²) < 4.78 is 62.5. The number of nitrogens with one attached hydrogen (secondary N) is 1. The average Bonchev–Trinajstić information content (AvgIpc) is 2.96. The van der Waals surface area contributed by atoms with Gasteiger partial charge in [-0.05, 0) is 36.8 Å². The molecule has 0 aromatic heterocycles. The number of para-hydroxylation sites is 1. The van der Waals surface area contributed by atoms with E-state index in [1.165, 1.54) is 0 Å². The summed E-state index contributed by atoms with van der Waals surface area (Å²) in [6.45, 7) is 0. The topological polar surface area (TPSA) is 97.4 Å². The van der Waals surface area contributed by atoms with Crippen LogP contribution < -0.4 is 5.32 Å². The number of hydrogen-bond acceptors (Lipinski definition) is 5. The molecule has 1 atom stereocenters. The van der Waals surface area contributed by atoms with Crippen LogP contribution >= 0.6 is 0 Å². The maximum Gasteiger partial charge on any atom is 0.258 e.